The average Bonchev–Trinajstić information content (AvgIpc) is 2.48. The maximum absolute atomic E-state index is 12.1. The van der Waals surface area contributed by atoms with Crippen LogP contribution in [0.4, 0.5) is 5.69 Å². The van der Waals surface area contributed by atoms with Crippen LogP contribution in [0.15, 0.2) is 24.3 Å². The van der Waals surface area contributed by atoms with E-state index in [0.717, 1.165) is 31.1 Å². The van der Waals surface area contributed by atoms with Gasteiger partial charge in [0.1, 0.15) is 5.75 Å². The van der Waals surface area contributed by atoms with E-state index in [1.807, 2.05) is 31.3 Å². The highest BCUT2D eigenvalue weighted by Crippen LogP contribution is 2.15. The molecule has 1 saturated heterocycles. The topological polar surface area (TPSA) is 62.8 Å². The number of hydrogen-bond donors (Lipinski definition) is 2. The summed E-state index contributed by atoms with van der Waals surface area (Å²) in [5.41, 5.74) is 0.779. The zero-order valence-corrected chi connectivity index (χ0v) is 12.6. The van der Waals surface area contributed by atoms with Crippen molar-refractivity contribution in [1.82, 2.24) is 10.2 Å². The minimum atomic E-state index is -0.00901. The molecular weight excluding hydrogens is 270 g/mol. The monoisotopic (exact) mass is 293 g/mol. The Balaban J connectivity index is 1.80. The van der Waals surface area contributed by atoms with E-state index in [2.05, 4.69) is 15.5 Å². The molecule has 1 aromatic carbocycles. The molecule has 1 atom stereocenters. The Kier molecular flexibility index (Phi) is 5.98. The number of carbonyl (C=O) groups is 1. The second kappa shape index (κ2) is 7.97. The van der Waals surface area contributed by atoms with Gasteiger partial charge in [-0.1, -0.05) is 0 Å². The number of methoxy groups -OCH3 is 1. The van der Waals surface area contributed by atoms with E-state index in [-0.39, 0.29) is 12.0 Å². The molecule has 1 fully saturated rings. The highest BCUT2D eigenvalue weighted by molar-refractivity contribution is 5.92. The molecule has 0 spiro atoms. The van der Waals surface area contributed by atoms with Gasteiger partial charge in [-0.05, 0) is 31.3 Å². The largest absolute Gasteiger partial charge is 0.497 e. The van der Waals surface area contributed by atoms with E-state index >= 15 is 0 Å². The fraction of sp³-hybridized carbons (Fsp3) is 0.533. The maximum Gasteiger partial charge on any atom is 0.238 e. The van der Waals surface area contributed by atoms with Crippen molar-refractivity contribution in [2.45, 2.75) is 6.10 Å². The van der Waals surface area contributed by atoms with Crippen LogP contribution in [0, 0.1) is 0 Å². The van der Waals surface area contributed by atoms with Crippen molar-refractivity contribution in [1.29, 1.82) is 0 Å². The van der Waals surface area contributed by atoms with Crippen molar-refractivity contribution in [3.63, 3.8) is 0 Å². The minimum absolute atomic E-state index is 0.00901. The zero-order chi connectivity index (χ0) is 15.1. The van der Waals surface area contributed by atoms with Crippen molar-refractivity contribution >= 4 is 11.6 Å². The van der Waals surface area contributed by atoms with E-state index in [0.29, 0.717) is 13.2 Å². The van der Waals surface area contributed by atoms with Gasteiger partial charge in [0.2, 0.25) is 5.91 Å². The number of hydrogen-bond acceptors (Lipinski definition) is 5. The first kappa shape index (κ1) is 15.8. The molecule has 1 aromatic rings. The Morgan fingerprint density at radius 1 is 1.43 bits per heavy atom. The molecule has 1 heterocycles. The van der Waals surface area contributed by atoms with Gasteiger partial charge in [-0.2, -0.15) is 0 Å². The van der Waals surface area contributed by atoms with Crippen LogP contribution < -0.4 is 15.4 Å². The molecule has 21 heavy (non-hydrogen) atoms. The van der Waals surface area contributed by atoms with Crippen LogP contribution in [0.3, 0.4) is 0 Å². The van der Waals surface area contributed by atoms with Gasteiger partial charge >= 0.3 is 0 Å². The van der Waals surface area contributed by atoms with Crippen LogP contribution in [0.2, 0.25) is 0 Å². The number of nitrogens with zero attached hydrogens (tertiary/aromatic N) is 1. The molecule has 0 bridgehead atoms. The molecule has 0 aromatic heterocycles. The number of likely N-dealkylation sites (N-methyl/N-ethyl adjacent to an activating group) is 1. The van der Waals surface area contributed by atoms with Crippen molar-refractivity contribution < 1.29 is 14.3 Å². The van der Waals surface area contributed by atoms with Crippen molar-refractivity contribution in [3.8, 4) is 5.75 Å². The molecule has 0 saturated carbocycles. The average molecular weight is 293 g/mol. The molecule has 0 aliphatic carbocycles. The van der Waals surface area contributed by atoms with Crippen molar-refractivity contribution in [2.24, 2.45) is 0 Å². The van der Waals surface area contributed by atoms with E-state index in [4.69, 9.17) is 9.47 Å². The van der Waals surface area contributed by atoms with Crippen molar-refractivity contribution in [2.75, 3.05) is 52.3 Å². The predicted molar refractivity (Wildman–Crippen MR) is 81.7 cm³/mol. The second-order valence-corrected chi connectivity index (χ2v) is 5.06. The number of anilines is 1. The molecule has 6 heteroatoms. The summed E-state index contributed by atoms with van der Waals surface area (Å²) in [6, 6.07) is 7.32. The Labute approximate surface area is 125 Å². The Morgan fingerprint density at radius 3 is 2.86 bits per heavy atom. The smallest absolute Gasteiger partial charge is 0.238 e. The van der Waals surface area contributed by atoms with Crippen LogP contribution in [-0.4, -0.2) is 63.9 Å². The maximum atomic E-state index is 12.1. The molecule has 0 radical (unpaired) electrons. The van der Waals surface area contributed by atoms with Gasteiger partial charge in [-0.25, -0.2) is 0 Å². The fourth-order valence-electron chi connectivity index (χ4n) is 2.35. The second-order valence-electron chi connectivity index (χ2n) is 5.06. The predicted octanol–water partition coefficient (Wildman–Crippen LogP) is 0.554. The lowest BCUT2D eigenvalue weighted by Crippen LogP contribution is -2.48. The molecule has 1 amide bonds. The third kappa shape index (κ3) is 5.00. The summed E-state index contributed by atoms with van der Waals surface area (Å²) in [6.07, 6.45) is 0.150. The van der Waals surface area contributed by atoms with Crippen LogP contribution in [0.1, 0.15) is 0 Å². The summed E-state index contributed by atoms with van der Waals surface area (Å²) in [4.78, 5) is 14.2. The van der Waals surface area contributed by atoms with Gasteiger partial charge in [0, 0.05) is 25.3 Å². The number of rotatable bonds is 6. The molecule has 116 valence electrons. The van der Waals surface area contributed by atoms with Crippen LogP contribution in [0.5, 0.6) is 5.75 Å². The zero-order valence-electron chi connectivity index (χ0n) is 12.6. The van der Waals surface area contributed by atoms with Gasteiger partial charge in [0.15, 0.2) is 0 Å². The van der Waals surface area contributed by atoms with E-state index in [9.17, 15) is 4.79 Å². The fourth-order valence-corrected chi connectivity index (χ4v) is 2.35. The third-order valence-electron chi connectivity index (χ3n) is 3.40. The highest BCUT2D eigenvalue weighted by Gasteiger charge is 2.21. The van der Waals surface area contributed by atoms with E-state index in [1.54, 1.807) is 7.11 Å². The number of amides is 1. The lowest BCUT2D eigenvalue weighted by Gasteiger charge is -2.32. The third-order valence-corrected chi connectivity index (χ3v) is 3.40. The highest BCUT2D eigenvalue weighted by atomic mass is 16.5. The summed E-state index contributed by atoms with van der Waals surface area (Å²) in [5, 5.41) is 5.99. The van der Waals surface area contributed by atoms with Crippen LogP contribution >= 0.6 is 0 Å². The summed E-state index contributed by atoms with van der Waals surface area (Å²) < 4.78 is 10.7. The Hall–Kier alpha value is -1.63. The number of benzene rings is 1. The first-order valence-corrected chi connectivity index (χ1v) is 7.13. The number of carbonyl (C=O) groups excluding carboxylic acids is 1. The van der Waals surface area contributed by atoms with Crippen LogP contribution in [0.25, 0.3) is 0 Å². The molecule has 2 rings (SSSR count). The molecule has 1 aliphatic rings. The standard InChI is InChI=1S/C15H23N3O3/c1-16-9-14-10-18(7-8-21-14)11-15(19)17-12-3-5-13(20-2)6-4-12/h3-6,14,16H,7-11H2,1-2H3,(H,17,19). The normalized spacial score (nSPS) is 19.2. The summed E-state index contributed by atoms with van der Waals surface area (Å²) in [6.45, 7) is 3.42. The Morgan fingerprint density at radius 2 is 2.19 bits per heavy atom. The summed E-state index contributed by atoms with van der Waals surface area (Å²) in [5.74, 6) is 0.765. The van der Waals surface area contributed by atoms with E-state index in [1.165, 1.54) is 0 Å². The minimum Gasteiger partial charge on any atom is -0.497 e. The van der Waals surface area contributed by atoms with Gasteiger partial charge in [0.05, 0.1) is 26.4 Å². The van der Waals surface area contributed by atoms with Crippen LogP contribution in [-0.2, 0) is 9.53 Å². The summed E-state index contributed by atoms with van der Waals surface area (Å²) in [7, 11) is 3.52. The first-order chi connectivity index (χ1) is 10.2. The number of nitrogens with one attached hydrogen (secondary N) is 2. The lowest BCUT2D eigenvalue weighted by molar-refractivity contribution is -0.119. The number of morpholine rings is 1. The molecule has 1 aliphatic heterocycles. The summed E-state index contributed by atoms with van der Waals surface area (Å²) >= 11 is 0. The van der Waals surface area contributed by atoms with Gasteiger partial charge in [-0.3, -0.25) is 9.69 Å². The lowest BCUT2D eigenvalue weighted by atomic mass is 10.2. The number of ether oxygens (including phenoxy) is 2. The first-order valence-electron chi connectivity index (χ1n) is 7.13. The van der Waals surface area contributed by atoms with Gasteiger partial charge in [0.25, 0.3) is 0 Å². The van der Waals surface area contributed by atoms with Crippen molar-refractivity contribution in [3.05, 3.63) is 24.3 Å². The Bertz CT molecular complexity index is 448. The van der Waals surface area contributed by atoms with Gasteiger partial charge in [-0.15, -0.1) is 0 Å². The van der Waals surface area contributed by atoms with Gasteiger partial charge < -0.3 is 20.1 Å². The molecule has 1 unspecified atom stereocenters. The molecule has 2 N–H and O–H groups in total. The molecule has 6 nitrogen and oxygen atoms in total. The van der Waals surface area contributed by atoms with E-state index < -0.39 is 0 Å². The quantitative estimate of drug-likeness (QED) is 0.802. The SMILES string of the molecule is CNCC1CN(CC(=O)Nc2ccc(OC)cc2)CCO1. The molecular formula is C15H23N3O3.